The molecule has 1 saturated heterocycles. The van der Waals surface area contributed by atoms with Crippen LogP contribution in [0.5, 0.6) is 0 Å². The van der Waals surface area contributed by atoms with Gasteiger partial charge in [-0.05, 0) is 41.8 Å². The molecule has 2 aromatic rings. The summed E-state index contributed by atoms with van der Waals surface area (Å²) < 4.78 is 0. The monoisotopic (exact) mass is 504 g/mol. The predicted octanol–water partition coefficient (Wildman–Crippen LogP) is 4.62. The zero-order valence-electron chi connectivity index (χ0n) is 17.7. The number of benzene rings is 2. The highest BCUT2D eigenvalue weighted by Gasteiger charge is 2.63. The van der Waals surface area contributed by atoms with Gasteiger partial charge in [-0.1, -0.05) is 72.6 Å². The Hall–Kier alpha value is -2.55. The quantitative estimate of drug-likeness (QED) is 0.407. The van der Waals surface area contributed by atoms with Crippen LogP contribution >= 0.6 is 35.0 Å². The van der Waals surface area contributed by atoms with Gasteiger partial charge in [-0.2, -0.15) is 0 Å². The van der Waals surface area contributed by atoms with Crippen LogP contribution in [0.4, 0.5) is 4.79 Å². The zero-order valence-corrected chi connectivity index (χ0v) is 20.1. The Morgan fingerprint density at radius 3 is 2.18 bits per heavy atom. The van der Waals surface area contributed by atoms with Gasteiger partial charge < -0.3 is 5.32 Å². The zero-order chi connectivity index (χ0) is 23.6. The van der Waals surface area contributed by atoms with E-state index in [2.05, 4.69) is 22.9 Å². The number of amidine groups is 1. The maximum Gasteiger partial charge on any atom is 0.328 e. The van der Waals surface area contributed by atoms with Gasteiger partial charge in [0.05, 0.1) is 6.04 Å². The number of aliphatic imine (C=N–C) groups is 1. The Bertz CT molecular complexity index is 1120. The Morgan fingerprint density at radius 1 is 0.970 bits per heavy atom. The first-order chi connectivity index (χ1) is 15.9. The smallest absolute Gasteiger partial charge is 0.328 e. The first kappa shape index (κ1) is 23.6. The van der Waals surface area contributed by atoms with Gasteiger partial charge in [0.25, 0.3) is 0 Å². The molecule has 4 amide bonds. The molecule has 0 aromatic heterocycles. The minimum atomic E-state index is -1.79. The van der Waals surface area contributed by atoms with E-state index >= 15 is 0 Å². The van der Waals surface area contributed by atoms with Crippen LogP contribution in [0.1, 0.15) is 43.0 Å². The van der Waals surface area contributed by atoms with Crippen molar-refractivity contribution in [3.05, 3.63) is 69.7 Å². The first-order valence-corrected chi connectivity index (χ1v) is 12.2. The summed E-state index contributed by atoms with van der Waals surface area (Å²) in [5, 5.41) is 9.35. The van der Waals surface area contributed by atoms with E-state index < -0.39 is 35.3 Å². The van der Waals surface area contributed by atoms with E-state index in [1.807, 2.05) is 0 Å². The molecule has 2 atom stereocenters. The normalized spacial score (nSPS) is 21.8. The van der Waals surface area contributed by atoms with Gasteiger partial charge in [-0.15, -0.1) is 0 Å². The van der Waals surface area contributed by atoms with Crippen LogP contribution in [0, 0.1) is 5.41 Å². The molecular weight excluding hydrogens is 483 g/mol. The largest absolute Gasteiger partial charge is 0.356 e. The number of hydrogen-bond acceptors (Lipinski definition) is 6. The molecule has 0 bridgehead atoms. The molecule has 172 valence electrons. The number of unbranched alkanes of at least 4 members (excludes halogenated alkanes) is 1. The average molecular weight is 505 g/mol. The molecule has 3 N–H and O–H groups in total. The second kappa shape index (κ2) is 9.75. The van der Waals surface area contributed by atoms with Gasteiger partial charge in [-0.25, -0.2) is 4.79 Å². The molecule has 2 heterocycles. The Morgan fingerprint density at radius 2 is 1.58 bits per heavy atom. The molecule has 1 fully saturated rings. The van der Waals surface area contributed by atoms with E-state index in [-0.39, 0.29) is 0 Å². The van der Waals surface area contributed by atoms with Crippen LogP contribution < -0.4 is 16.0 Å². The van der Waals surface area contributed by atoms with Gasteiger partial charge in [0, 0.05) is 15.8 Å². The third-order valence-corrected chi connectivity index (χ3v) is 7.15. The van der Waals surface area contributed by atoms with Crippen molar-refractivity contribution in [2.45, 2.75) is 31.8 Å². The molecule has 1 spiro atoms. The Labute approximate surface area is 205 Å². The standard InChI is InChI=1S/C23H22Cl2N4O3S/c1-2-3-10-33-22-26-17(13-6-4-8-15(24)11-13)23(19(30)28-21(32)29-20(23)31)18(27-22)14-7-5-9-16(25)12-14/h4-9,11-12,17-18H,2-3,10H2,1H3,(H,26,27)(H2,28,29,30,31,32)/t17-,18-/m0/s1. The molecular formula is C23H22Cl2N4O3S. The molecule has 0 aliphatic carbocycles. The van der Waals surface area contributed by atoms with Gasteiger partial charge in [0.1, 0.15) is 6.04 Å². The summed E-state index contributed by atoms with van der Waals surface area (Å²) >= 11 is 14.0. The fourth-order valence-electron chi connectivity index (χ4n) is 4.15. The second-order valence-electron chi connectivity index (χ2n) is 7.83. The molecule has 7 nitrogen and oxygen atoms in total. The number of carbonyl (C=O) groups is 3. The SMILES string of the molecule is CCCCSC1=N[C@@H](c2cccc(Cl)c2)C2(C(=O)NC(=O)NC2=O)[C@H](c2cccc(Cl)c2)N1. The summed E-state index contributed by atoms with van der Waals surface area (Å²) in [4.78, 5) is 43.8. The van der Waals surface area contributed by atoms with E-state index in [9.17, 15) is 14.4 Å². The minimum Gasteiger partial charge on any atom is -0.356 e. The van der Waals surface area contributed by atoms with Crippen molar-refractivity contribution in [3.63, 3.8) is 0 Å². The van der Waals surface area contributed by atoms with Crippen molar-refractivity contribution in [3.8, 4) is 0 Å². The molecule has 2 aliphatic rings. The number of urea groups is 1. The number of amides is 4. The third-order valence-electron chi connectivity index (χ3n) is 5.69. The van der Waals surface area contributed by atoms with Crippen molar-refractivity contribution < 1.29 is 14.4 Å². The van der Waals surface area contributed by atoms with Crippen molar-refractivity contribution >= 4 is 58.0 Å². The summed E-state index contributed by atoms with van der Waals surface area (Å²) in [6.45, 7) is 2.10. The predicted molar refractivity (Wildman–Crippen MR) is 130 cm³/mol. The average Bonchev–Trinajstić information content (AvgIpc) is 2.77. The molecule has 10 heteroatoms. The summed E-state index contributed by atoms with van der Waals surface area (Å²) in [6, 6.07) is 11.2. The van der Waals surface area contributed by atoms with Crippen molar-refractivity contribution in [1.82, 2.24) is 16.0 Å². The number of nitrogens with zero attached hydrogens (tertiary/aromatic N) is 1. The molecule has 2 aliphatic heterocycles. The molecule has 2 aromatic carbocycles. The topological polar surface area (TPSA) is 99.7 Å². The van der Waals surface area contributed by atoms with E-state index in [0.717, 1.165) is 18.6 Å². The second-order valence-corrected chi connectivity index (χ2v) is 9.79. The molecule has 0 unspecified atom stereocenters. The van der Waals surface area contributed by atoms with Gasteiger partial charge in [0.2, 0.25) is 11.8 Å². The number of imide groups is 2. The van der Waals surface area contributed by atoms with Crippen molar-refractivity contribution in [2.24, 2.45) is 10.4 Å². The molecule has 4 rings (SSSR count). The van der Waals surface area contributed by atoms with Crippen LogP contribution in [0.25, 0.3) is 0 Å². The van der Waals surface area contributed by atoms with Crippen molar-refractivity contribution in [2.75, 3.05) is 5.75 Å². The number of thioether (sulfide) groups is 1. The molecule has 33 heavy (non-hydrogen) atoms. The summed E-state index contributed by atoms with van der Waals surface area (Å²) in [5.74, 6) is -0.656. The minimum absolute atomic E-state index is 0.448. The Kier molecular flexibility index (Phi) is 6.97. The van der Waals surface area contributed by atoms with Crippen LogP contribution in [-0.4, -0.2) is 28.8 Å². The fourth-order valence-corrected chi connectivity index (χ4v) is 5.55. The number of rotatable bonds is 5. The lowest BCUT2D eigenvalue weighted by Gasteiger charge is -2.47. The molecule has 0 saturated carbocycles. The maximum atomic E-state index is 13.5. The highest BCUT2D eigenvalue weighted by atomic mass is 35.5. The number of carbonyl (C=O) groups excluding carboxylic acids is 3. The number of barbiturate groups is 1. The van der Waals surface area contributed by atoms with E-state index in [1.54, 1.807) is 48.5 Å². The lowest BCUT2D eigenvalue weighted by Crippen LogP contribution is -2.69. The lowest BCUT2D eigenvalue weighted by atomic mass is 9.66. The van der Waals surface area contributed by atoms with E-state index in [4.69, 9.17) is 28.2 Å². The highest BCUT2D eigenvalue weighted by Crippen LogP contribution is 2.51. The van der Waals surface area contributed by atoms with Crippen LogP contribution in [-0.2, 0) is 9.59 Å². The number of hydrogen-bond donors (Lipinski definition) is 3. The maximum absolute atomic E-state index is 13.5. The van der Waals surface area contributed by atoms with Crippen LogP contribution in [0.15, 0.2) is 53.5 Å². The summed E-state index contributed by atoms with van der Waals surface area (Å²) in [7, 11) is 0. The number of halogens is 2. The van der Waals surface area contributed by atoms with Gasteiger partial charge >= 0.3 is 6.03 Å². The number of nitrogens with one attached hydrogen (secondary N) is 3. The summed E-state index contributed by atoms with van der Waals surface area (Å²) in [5.41, 5.74) is -0.583. The highest BCUT2D eigenvalue weighted by molar-refractivity contribution is 8.13. The van der Waals surface area contributed by atoms with Gasteiger partial charge in [-0.3, -0.25) is 25.2 Å². The lowest BCUT2D eigenvalue weighted by molar-refractivity contribution is -0.149. The van der Waals surface area contributed by atoms with E-state index in [1.165, 1.54) is 11.8 Å². The Balaban J connectivity index is 1.94. The van der Waals surface area contributed by atoms with E-state index in [0.29, 0.717) is 26.3 Å². The van der Waals surface area contributed by atoms with Crippen LogP contribution in [0.3, 0.4) is 0 Å². The fraction of sp³-hybridized carbons (Fsp3) is 0.304. The summed E-state index contributed by atoms with van der Waals surface area (Å²) in [6.07, 6.45) is 2.00. The van der Waals surface area contributed by atoms with Crippen LogP contribution in [0.2, 0.25) is 10.0 Å². The first-order valence-electron chi connectivity index (χ1n) is 10.5. The third kappa shape index (κ3) is 4.47. The van der Waals surface area contributed by atoms with Gasteiger partial charge in [0.15, 0.2) is 10.6 Å². The molecule has 0 radical (unpaired) electrons. The van der Waals surface area contributed by atoms with Crippen molar-refractivity contribution in [1.29, 1.82) is 0 Å².